The van der Waals surface area contributed by atoms with Crippen LogP contribution >= 0.6 is 0 Å². The maximum Gasteiger partial charge on any atom is 0.269 e. The van der Waals surface area contributed by atoms with Crippen LogP contribution in [0.3, 0.4) is 0 Å². The van der Waals surface area contributed by atoms with Crippen molar-refractivity contribution >= 4 is 33.4 Å². The largest absolute Gasteiger partial charge is 0.491 e. The number of benzene rings is 2. The Morgan fingerprint density at radius 3 is 2.70 bits per heavy atom. The zero-order valence-electron chi connectivity index (χ0n) is 17.2. The van der Waals surface area contributed by atoms with Gasteiger partial charge in [0, 0.05) is 40.9 Å². The van der Waals surface area contributed by atoms with E-state index >= 15 is 0 Å². The number of amides is 1. The highest BCUT2D eigenvalue weighted by Crippen LogP contribution is 2.40. The lowest BCUT2D eigenvalue weighted by molar-refractivity contribution is 0.0997. The summed E-state index contributed by atoms with van der Waals surface area (Å²) in [5.74, 6) is 0.125. The Labute approximate surface area is 174 Å². The first-order chi connectivity index (χ1) is 14.4. The molecule has 0 bridgehead atoms. The van der Waals surface area contributed by atoms with Crippen molar-refractivity contribution in [2.45, 2.75) is 13.8 Å². The SMILES string of the molecule is COCCOc1ccc2c(c1)[nH]c1c(C(N)=O)nc(C)c(-c3cccc(N)c3C)c12. The average Bonchev–Trinajstić information content (AvgIpc) is 3.08. The van der Waals surface area contributed by atoms with E-state index in [-0.39, 0.29) is 5.69 Å². The number of nitrogens with two attached hydrogens (primary N) is 2. The number of hydrogen-bond acceptors (Lipinski definition) is 5. The Bertz CT molecular complexity index is 1280. The van der Waals surface area contributed by atoms with Crippen molar-refractivity contribution in [3.8, 4) is 16.9 Å². The molecule has 5 N–H and O–H groups in total. The zero-order valence-corrected chi connectivity index (χ0v) is 17.2. The van der Waals surface area contributed by atoms with Gasteiger partial charge < -0.3 is 25.9 Å². The molecule has 0 atom stereocenters. The van der Waals surface area contributed by atoms with Gasteiger partial charge in [0.25, 0.3) is 5.91 Å². The van der Waals surface area contributed by atoms with Gasteiger partial charge in [-0.3, -0.25) is 4.79 Å². The summed E-state index contributed by atoms with van der Waals surface area (Å²) >= 11 is 0. The number of H-pyrrole nitrogens is 1. The lowest BCUT2D eigenvalue weighted by atomic mass is 9.93. The van der Waals surface area contributed by atoms with E-state index in [0.29, 0.717) is 35.9 Å². The molecule has 4 aromatic rings. The van der Waals surface area contributed by atoms with Gasteiger partial charge in [0.15, 0.2) is 5.69 Å². The van der Waals surface area contributed by atoms with Crippen molar-refractivity contribution in [1.82, 2.24) is 9.97 Å². The van der Waals surface area contributed by atoms with Crippen LogP contribution in [0.25, 0.3) is 32.9 Å². The van der Waals surface area contributed by atoms with Crippen LogP contribution in [0.5, 0.6) is 5.75 Å². The van der Waals surface area contributed by atoms with Crippen molar-refractivity contribution in [2.75, 3.05) is 26.1 Å². The van der Waals surface area contributed by atoms with Gasteiger partial charge in [0.2, 0.25) is 0 Å². The molecule has 0 saturated heterocycles. The van der Waals surface area contributed by atoms with Crippen molar-refractivity contribution in [1.29, 1.82) is 0 Å². The summed E-state index contributed by atoms with van der Waals surface area (Å²) in [4.78, 5) is 20.0. The van der Waals surface area contributed by atoms with Crippen LogP contribution in [-0.4, -0.2) is 36.2 Å². The van der Waals surface area contributed by atoms with E-state index in [4.69, 9.17) is 20.9 Å². The first kappa shape index (κ1) is 19.7. The van der Waals surface area contributed by atoms with E-state index in [2.05, 4.69) is 9.97 Å². The summed E-state index contributed by atoms with van der Waals surface area (Å²) in [5.41, 5.74) is 17.7. The molecule has 7 heteroatoms. The number of nitrogen functional groups attached to an aromatic ring is 1. The predicted octanol–water partition coefficient (Wildman–Crippen LogP) is 3.71. The van der Waals surface area contributed by atoms with Crippen LogP contribution in [0, 0.1) is 13.8 Å². The number of aryl methyl sites for hydroxylation is 1. The summed E-state index contributed by atoms with van der Waals surface area (Å²) in [6.07, 6.45) is 0. The van der Waals surface area contributed by atoms with Crippen molar-refractivity contribution in [3.05, 3.63) is 53.3 Å². The van der Waals surface area contributed by atoms with E-state index in [1.807, 2.05) is 50.2 Å². The lowest BCUT2D eigenvalue weighted by Gasteiger charge is -2.14. The molecule has 2 aromatic heterocycles. The molecule has 4 rings (SSSR count). The number of nitrogens with zero attached hydrogens (tertiary/aromatic N) is 1. The Morgan fingerprint density at radius 2 is 1.97 bits per heavy atom. The number of anilines is 1. The first-order valence-corrected chi connectivity index (χ1v) is 9.65. The molecule has 1 amide bonds. The third-order valence-corrected chi connectivity index (χ3v) is 5.33. The minimum absolute atomic E-state index is 0.214. The molecular weight excluding hydrogens is 380 g/mol. The highest BCUT2D eigenvalue weighted by Gasteiger charge is 2.21. The fraction of sp³-hybridized carbons (Fsp3) is 0.217. The van der Waals surface area contributed by atoms with Crippen LogP contribution in [0.15, 0.2) is 36.4 Å². The van der Waals surface area contributed by atoms with Gasteiger partial charge >= 0.3 is 0 Å². The number of pyridine rings is 1. The number of ether oxygens (including phenoxy) is 2. The first-order valence-electron chi connectivity index (χ1n) is 9.65. The van der Waals surface area contributed by atoms with E-state index in [1.165, 1.54) is 0 Å². The number of methoxy groups -OCH3 is 1. The Kier molecular flexibility index (Phi) is 5.05. The summed E-state index contributed by atoms with van der Waals surface area (Å²) in [6, 6.07) is 11.6. The van der Waals surface area contributed by atoms with Gasteiger partial charge in [-0.1, -0.05) is 12.1 Å². The Morgan fingerprint density at radius 1 is 1.17 bits per heavy atom. The standard InChI is InChI=1S/C23H24N4O3/c1-12-15(5-4-6-17(12)24)19-13(2)26-22(23(25)28)21-20(19)16-8-7-14(11-18(16)27-21)30-10-9-29-3/h4-8,11,27H,9-10,24H2,1-3H3,(H2,25,28). The number of fused-ring (bicyclic) bond motifs is 3. The second-order valence-electron chi connectivity index (χ2n) is 7.23. The molecule has 0 spiro atoms. The molecule has 0 unspecified atom stereocenters. The molecule has 30 heavy (non-hydrogen) atoms. The fourth-order valence-corrected chi connectivity index (χ4v) is 3.84. The fourth-order valence-electron chi connectivity index (χ4n) is 3.84. The van der Waals surface area contributed by atoms with Crippen LogP contribution in [0.1, 0.15) is 21.7 Å². The Balaban J connectivity index is 2.03. The predicted molar refractivity (Wildman–Crippen MR) is 119 cm³/mol. The van der Waals surface area contributed by atoms with E-state index < -0.39 is 5.91 Å². The zero-order chi connectivity index (χ0) is 21.4. The molecule has 0 fully saturated rings. The summed E-state index contributed by atoms with van der Waals surface area (Å²) in [7, 11) is 1.63. The molecule has 2 heterocycles. The quantitative estimate of drug-likeness (QED) is 0.335. The maximum atomic E-state index is 12.1. The highest BCUT2D eigenvalue weighted by molar-refractivity contribution is 6.19. The smallest absolute Gasteiger partial charge is 0.269 e. The number of carbonyl (C=O) groups is 1. The third-order valence-electron chi connectivity index (χ3n) is 5.33. The normalized spacial score (nSPS) is 11.3. The third kappa shape index (κ3) is 3.23. The van der Waals surface area contributed by atoms with Crippen LogP contribution in [0.2, 0.25) is 0 Å². The van der Waals surface area contributed by atoms with Crippen molar-refractivity contribution in [2.24, 2.45) is 5.73 Å². The number of aromatic nitrogens is 2. The number of carbonyl (C=O) groups excluding carboxylic acids is 1. The van der Waals surface area contributed by atoms with Gasteiger partial charge in [-0.05, 0) is 43.2 Å². The number of nitrogens with one attached hydrogen (secondary N) is 1. The summed E-state index contributed by atoms with van der Waals surface area (Å²) < 4.78 is 10.8. The van der Waals surface area contributed by atoms with Crippen LogP contribution < -0.4 is 16.2 Å². The van der Waals surface area contributed by atoms with E-state index in [0.717, 1.165) is 33.0 Å². The molecule has 0 aliphatic heterocycles. The highest BCUT2D eigenvalue weighted by atomic mass is 16.5. The summed E-state index contributed by atoms with van der Waals surface area (Å²) in [5, 5.41) is 1.84. The average molecular weight is 404 g/mol. The minimum Gasteiger partial charge on any atom is -0.491 e. The summed E-state index contributed by atoms with van der Waals surface area (Å²) in [6.45, 7) is 4.81. The Hall–Kier alpha value is -3.58. The lowest BCUT2D eigenvalue weighted by Crippen LogP contribution is -2.15. The molecule has 154 valence electrons. The van der Waals surface area contributed by atoms with Crippen LogP contribution in [0.4, 0.5) is 5.69 Å². The molecular formula is C23H24N4O3. The molecule has 0 saturated carbocycles. The number of aromatic amines is 1. The van der Waals surface area contributed by atoms with Gasteiger partial charge in [0.1, 0.15) is 12.4 Å². The van der Waals surface area contributed by atoms with Gasteiger partial charge in [-0.15, -0.1) is 0 Å². The maximum absolute atomic E-state index is 12.1. The van der Waals surface area contributed by atoms with Crippen LogP contribution in [-0.2, 0) is 4.74 Å². The van der Waals surface area contributed by atoms with Crippen molar-refractivity contribution in [3.63, 3.8) is 0 Å². The topological polar surface area (TPSA) is 116 Å². The molecule has 7 nitrogen and oxygen atoms in total. The molecule has 0 aliphatic carbocycles. The molecule has 2 aromatic carbocycles. The number of primary amides is 1. The monoisotopic (exact) mass is 404 g/mol. The van der Waals surface area contributed by atoms with Gasteiger partial charge in [0.05, 0.1) is 17.6 Å². The second-order valence-corrected chi connectivity index (χ2v) is 7.23. The van der Waals surface area contributed by atoms with Gasteiger partial charge in [-0.2, -0.15) is 0 Å². The molecule has 0 aliphatic rings. The molecule has 0 radical (unpaired) electrons. The minimum atomic E-state index is -0.581. The van der Waals surface area contributed by atoms with Crippen molar-refractivity contribution < 1.29 is 14.3 Å². The van der Waals surface area contributed by atoms with E-state index in [9.17, 15) is 4.79 Å². The number of hydrogen-bond donors (Lipinski definition) is 3. The second kappa shape index (κ2) is 7.68. The van der Waals surface area contributed by atoms with Gasteiger partial charge in [-0.25, -0.2) is 4.98 Å². The number of rotatable bonds is 6. The van der Waals surface area contributed by atoms with E-state index in [1.54, 1.807) is 7.11 Å².